The molecule has 0 radical (unpaired) electrons. The Balaban J connectivity index is 2.00. The Morgan fingerprint density at radius 3 is 3.12 bits per heavy atom. The minimum Gasteiger partial charge on any atom is -0.396 e. The molecule has 1 heterocycles. The predicted molar refractivity (Wildman–Crippen MR) is 67.9 cm³/mol. The van der Waals surface area contributed by atoms with E-state index in [1.165, 1.54) is 24.2 Å². The zero-order valence-electron chi connectivity index (χ0n) is 10.7. The maximum atomic E-state index is 9.12. The van der Waals surface area contributed by atoms with Gasteiger partial charge in [0.15, 0.2) is 0 Å². The average Bonchev–Trinajstić information content (AvgIpc) is 2.32. The van der Waals surface area contributed by atoms with E-state index in [9.17, 15) is 0 Å². The van der Waals surface area contributed by atoms with Crippen LogP contribution < -0.4 is 10.2 Å². The summed E-state index contributed by atoms with van der Waals surface area (Å²) >= 11 is 0. The first-order valence-electron chi connectivity index (χ1n) is 6.62. The van der Waals surface area contributed by atoms with E-state index in [-0.39, 0.29) is 0 Å². The molecular formula is C14H24N2O+2. The van der Waals surface area contributed by atoms with Gasteiger partial charge < -0.3 is 15.3 Å². The minimum absolute atomic E-state index is 0.315. The number of benzene rings is 1. The Morgan fingerprint density at radius 2 is 2.35 bits per heavy atom. The SMILES string of the molecule is Cc1cccc(C[NH+]2CC[NH2+]C[C@H]2CCO)c1. The third-order valence-electron chi connectivity index (χ3n) is 3.69. The molecule has 3 heteroatoms. The Hall–Kier alpha value is -0.900. The first kappa shape index (κ1) is 12.6. The second-order valence-electron chi connectivity index (χ2n) is 5.10. The van der Waals surface area contributed by atoms with Crippen LogP contribution in [0.3, 0.4) is 0 Å². The summed E-state index contributed by atoms with van der Waals surface area (Å²) in [6.07, 6.45) is 0.928. The highest BCUT2D eigenvalue weighted by Gasteiger charge is 2.27. The van der Waals surface area contributed by atoms with Crippen molar-refractivity contribution in [1.82, 2.24) is 0 Å². The number of nitrogens with two attached hydrogens (primary N) is 1. The number of aryl methyl sites for hydroxylation is 1. The van der Waals surface area contributed by atoms with E-state index < -0.39 is 0 Å². The van der Waals surface area contributed by atoms with E-state index in [0.717, 1.165) is 19.5 Å². The summed E-state index contributed by atoms with van der Waals surface area (Å²) in [5, 5.41) is 11.5. The molecule has 1 aromatic rings. The highest BCUT2D eigenvalue weighted by Crippen LogP contribution is 2.02. The molecule has 1 aliphatic heterocycles. The van der Waals surface area contributed by atoms with E-state index in [1.807, 2.05) is 0 Å². The monoisotopic (exact) mass is 236 g/mol. The lowest BCUT2D eigenvalue weighted by molar-refractivity contribution is -0.982. The average molecular weight is 236 g/mol. The van der Waals surface area contributed by atoms with Gasteiger partial charge in [-0.1, -0.05) is 29.8 Å². The zero-order valence-corrected chi connectivity index (χ0v) is 10.7. The normalized spacial score (nSPS) is 24.8. The fourth-order valence-electron chi connectivity index (χ4n) is 2.77. The Labute approximate surface area is 103 Å². The van der Waals surface area contributed by atoms with Crippen molar-refractivity contribution in [2.24, 2.45) is 0 Å². The van der Waals surface area contributed by atoms with E-state index in [4.69, 9.17) is 5.11 Å². The summed E-state index contributed by atoms with van der Waals surface area (Å²) in [7, 11) is 0. The van der Waals surface area contributed by atoms with E-state index >= 15 is 0 Å². The molecule has 2 rings (SSSR count). The fourth-order valence-corrected chi connectivity index (χ4v) is 2.77. The molecule has 94 valence electrons. The topological polar surface area (TPSA) is 41.3 Å². The molecular weight excluding hydrogens is 212 g/mol. The summed E-state index contributed by atoms with van der Waals surface area (Å²) in [6.45, 7) is 7.13. The van der Waals surface area contributed by atoms with Gasteiger partial charge in [0.25, 0.3) is 0 Å². The quantitative estimate of drug-likeness (QED) is 0.598. The van der Waals surface area contributed by atoms with Crippen molar-refractivity contribution in [3.8, 4) is 0 Å². The number of rotatable bonds is 4. The maximum Gasteiger partial charge on any atom is 0.140 e. The van der Waals surface area contributed by atoms with Gasteiger partial charge in [-0.25, -0.2) is 0 Å². The van der Waals surface area contributed by atoms with E-state index in [2.05, 4.69) is 36.5 Å². The Bertz CT molecular complexity index is 352. The molecule has 0 aliphatic carbocycles. The van der Waals surface area contributed by atoms with Gasteiger partial charge in [-0.05, 0) is 6.92 Å². The molecule has 17 heavy (non-hydrogen) atoms. The number of hydrogen-bond acceptors (Lipinski definition) is 1. The lowest BCUT2D eigenvalue weighted by atomic mass is 10.1. The van der Waals surface area contributed by atoms with Gasteiger partial charge in [0, 0.05) is 18.6 Å². The van der Waals surface area contributed by atoms with Gasteiger partial charge in [-0.3, -0.25) is 0 Å². The molecule has 0 spiro atoms. The second kappa shape index (κ2) is 6.15. The zero-order chi connectivity index (χ0) is 12.1. The molecule has 1 unspecified atom stereocenters. The third-order valence-corrected chi connectivity index (χ3v) is 3.69. The molecule has 2 atom stereocenters. The van der Waals surface area contributed by atoms with Crippen molar-refractivity contribution in [2.45, 2.75) is 25.9 Å². The molecule has 1 aromatic carbocycles. The number of hydrogen-bond donors (Lipinski definition) is 3. The highest BCUT2D eigenvalue weighted by molar-refractivity contribution is 5.21. The number of quaternary nitrogens is 2. The molecule has 0 aromatic heterocycles. The molecule has 0 bridgehead atoms. The van der Waals surface area contributed by atoms with Crippen molar-refractivity contribution in [3.05, 3.63) is 35.4 Å². The van der Waals surface area contributed by atoms with Crippen LogP contribution in [-0.2, 0) is 6.54 Å². The summed E-state index contributed by atoms with van der Waals surface area (Å²) in [6, 6.07) is 9.39. The highest BCUT2D eigenvalue weighted by atomic mass is 16.3. The molecule has 0 amide bonds. The summed E-state index contributed by atoms with van der Waals surface area (Å²) in [5.74, 6) is 0. The number of aliphatic hydroxyl groups is 1. The largest absolute Gasteiger partial charge is 0.396 e. The van der Waals surface area contributed by atoms with Crippen LogP contribution in [0.5, 0.6) is 0 Å². The van der Waals surface area contributed by atoms with Gasteiger partial charge >= 0.3 is 0 Å². The minimum atomic E-state index is 0.315. The van der Waals surface area contributed by atoms with Crippen LogP contribution >= 0.6 is 0 Å². The summed E-state index contributed by atoms with van der Waals surface area (Å²) < 4.78 is 0. The van der Waals surface area contributed by atoms with E-state index in [1.54, 1.807) is 4.90 Å². The number of piperazine rings is 1. The number of nitrogens with one attached hydrogen (secondary N) is 1. The standard InChI is InChI=1S/C14H22N2O/c1-12-3-2-4-13(9-12)11-16-7-6-15-10-14(16)5-8-17/h2-4,9,14-15,17H,5-8,10-11H2,1H3/p+2/t14-/m1/s1. The van der Waals surface area contributed by atoms with Crippen LogP contribution in [0.1, 0.15) is 17.5 Å². The Morgan fingerprint density at radius 1 is 1.47 bits per heavy atom. The fraction of sp³-hybridized carbons (Fsp3) is 0.571. The Kier molecular flexibility index (Phi) is 4.54. The smallest absolute Gasteiger partial charge is 0.140 e. The van der Waals surface area contributed by atoms with Crippen LogP contribution in [0.2, 0.25) is 0 Å². The molecule has 0 saturated carbocycles. The van der Waals surface area contributed by atoms with Crippen molar-refractivity contribution in [3.63, 3.8) is 0 Å². The van der Waals surface area contributed by atoms with Gasteiger partial charge in [0.2, 0.25) is 0 Å². The summed E-state index contributed by atoms with van der Waals surface area (Å²) in [5.41, 5.74) is 2.76. The molecule has 3 nitrogen and oxygen atoms in total. The van der Waals surface area contributed by atoms with Crippen LogP contribution in [0.15, 0.2) is 24.3 Å². The third kappa shape index (κ3) is 3.53. The van der Waals surface area contributed by atoms with Crippen molar-refractivity contribution < 1.29 is 15.3 Å². The maximum absolute atomic E-state index is 9.12. The van der Waals surface area contributed by atoms with Gasteiger partial charge in [-0.15, -0.1) is 0 Å². The first-order chi connectivity index (χ1) is 8.29. The van der Waals surface area contributed by atoms with Crippen molar-refractivity contribution in [1.29, 1.82) is 0 Å². The van der Waals surface area contributed by atoms with Crippen molar-refractivity contribution >= 4 is 0 Å². The van der Waals surface area contributed by atoms with Crippen LogP contribution in [0.4, 0.5) is 0 Å². The lowest BCUT2D eigenvalue weighted by Gasteiger charge is -2.30. The lowest BCUT2D eigenvalue weighted by Crippen LogP contribution is -3.23. The first-order valence-corrected chi connectivity index (χ1v) is 6.62. The van der Waals surface area contributed by atoms with Crippen LogP contribution in [0, 0.1) is 6.92 Å². The molecule has 1 saturated heterocycles. The number of aliphatic hydroxyl groups excluding tert-OH is 1. The predicted octanol–water partition coefficient (Wildman–Crippen LogP) is -1.29. The van der Waals surface area contributed by atoms with E-state index in [0.29, 0.717) is 12.6 Å². The molecule has 1 fully saturated rings. The second-order valence-corrected chi connectivity index (χ2v) is 5.10. The van der Waals surface area contributed by atoms with Gasteiger partial charge in [0.1, 0.15) is 32.2 Å². The molecule has 4 N–H and O–H groups in total. The van der Waals surface area contributed by atoms with Crippen molar-refractivity contribution in [2.75, 3.05) is 26.2 Å². The summed E-state index contributed by atoms with van der Waals surface area (Å²) in [4.78, 5) is 1.63. The van der Waals surface area contributed by atoms with Crippen LogP contribution in [0.25, 0.3) is 0 Å². The van der Waals surface area contributed by atoms with Gasteiger partial charge in [0.05, 0.1) is 0 Å². The van der Waals surface area contributed by atoms with Gasteiger partial charge in [-0.2, -0.15) is 0 Å². The molecule has 1 aliphatic rings. The van der Waals surface area contributed by atoms with Crippen LogP contribution in [-0.4, -0.2) is 37.4 Å².